The number of nitrogens with zero attached hydrogens (tertiary/aromatic N) is 1. The van der Waals surface area contributed by atoms with Gasteiger partial charge in [0.25, 0.3) is 5.91 Å². The number of aromatic nitrogens is 1. The number of halogens is 2. The average Bonchev–Trinajstić information content (AvgIpc) is 2.72. The molecule has 0 bridgehead atoms. The first kappa shape index (κ1) is 24.6. The zero-order chi connectivity index (χ0) is 24.2. The lowest BCUT2D eigenvalue weighted by Gasteiger charge is -2.19. The molecule has 172 valence electrons. The normalized spacial score (nSPS) is 11.1. The third-order valence-electron chi connectivity index (χ3n) is 4.55. The van der Waals surface area contributed by atoms with Crippen LogP contribution in [-0.4, -0.2) is 22.6 Å². The van der Waals surface area contributed by atoms with Gasteiger partial charge in [-0.15, -0.1) is 0 Å². The first-order valence-electron chi connectivity index (χ1n) is 10.4. The second kappa shape index (κ2) is 10.2. The van der Waals surface area contributed by atoms with E-state index in [0.717, 1.165) is 12.0 Å². The van der Waals surface area contributed by atoms with Gasteiger partial charge in [-0.25, -0.2) is 9.78 Å². The van der Waals surface area contributed by atoms with E-state index in [4.69, 9.17) is 27.9 Å². The predicted octanol–water partition coefficient (Wildman–Crippen LogP) is 7.22. The number of carbonyl (C=O) groups excluding carboxylic acids is 2. The fourth-order valence-corrected chi connectivity index (χ4v) is 3.62. The molecule has 3 aromatic rings. The monoisotopic (exact) mass is 485 g/mol. The van der Waals surface area contributed by atoms with Crippen LogP contribution in [0.3, 0.4) is 0 Å². The summed E-state index contributed by atoms with van der Waals surface area (Å²) in [5.74, 6) is -0.0793. The molecule has 0 radical (unpaired) electrons. The van der Waals surface area contributed by atoms with Crippen molar-refractivity contribution in [1.29, 1.82) is 0 Å². The Labute approximate surface area is 203 Å². The molecule has 1 aromatic heterocycles. The van der Waals surface area contributed by atoms with E-state index in [1.54, 1.807) is 45.0 Å². The summed E-state index contributed by atoms with van der Waals surface area (Å²) in [5, 5.41) is 6.01. The van der Waals surface area contributed by atoms with Gasteiger partial charge in [-0.2, -0.15) is 0 Å². The molecule has 0 atom stereocenters. The summed E-state index contributed by atoms with van der Waals surface area (Å²) in [6, 6.07) is 15.8. The van der Waals surface area contributed by atoms with Crippen molar-refractivity contribution >= 4 is 46.7 Å². The average molecular weight is 486 g/mol. The van der Waals surface area contributed by atoms with Gasteiger partial charge in [0.2, 0.25) is 0 Å². The summed E-state index contributed by atoms with van der Waals surface area (Å²) >= 11 is 12.7. The molecule has 0 aliphatic heterocycles. The van der Waals surface area contributed by atoms with Crippen molar-refractivity contribution in [2.45, 2.75) is 39.7 Å². The summed E-state index contributed by atoms with van der Waals surface area (Å²) in [7, 11) is 0. The highest BCUT2D eigenvalue weighted by molar-refractivity contribution is 6.38. The largest absolute Gasteiger partial charge is 0.444 e. The number of hydrogen-bond acceptors (Lipinski definition) is 4. The fraction of sp³-hybridized carbons (Fsp3) is 0.240. The molecule has 0 aliphatic rings. The Kier molecular flexibility index (Phi) is 7.61. The summed E-state index contributed by atoms with van der Waals surface area (Å²) in [6.45, 7) is 7.36. The number of amides is 2. The van der Waals surface area contributed by atoms with Crippen LogP contribution in [0.4, 0.5) is 16.3 Å². The van der Waals surface area contributed by atoms with Crippen molar-refractivity contribution in [3.8, 4) is 11.3 Å². The number of carbonyl (C=O) groups is 2. The fourth-order valence-electron chi connectivity index (χ4n) is 3.05. The van der Waals surface area contributed by atoms with Crippen molar-refractivity contribution in [3.63, 3.8) is 0 Å². The number of ether oxygens (including phenoxy) is 1. The van der Waals surface area contributed by atoms with E-state index in [-0.39, 0.29) is 22.3 Å². The smallest absolute Gasteiger partial charge is 0.413 e. The highest BCUT2D eigenvalue weighted by Gasteiger charge is 2.19. The molecule has 0 saturated carbocycles. The molecule has 2 aromatic carbocycles. The molecule has 0 spiro atoms. The lowest BCUT2D eigenvalue weighted by molar-refractivity contribution is 0.0635. The Bertz CT molecular complexity index is 1190. The van der Waals surface area contributed by atoms with Gasteiger partial charge in [-0.1, -0.05) is 48.3 Å². The van der Waals surface area contributed by atoms with E-state index in [9.17, 15) is 9.59 Å². The number of benzene rings is 2. The molecule has 33 heavy (non-hydrogen) atoms. The number of aryl methyl sites for hydroxylation is 1. The molecule has 0 unspecified atom stereocenters. The van der Waals surface area contributed by atoms with Gasteiger partial charge in [0.05, 0.1) is 21.3 Å². The minimum atomic E-state index is -0.639. The minimum Gasteiger partial charge on any atom is -0.444 e. The van der Waals surface area contributed by atoms with Gasteiger partial charge in [-0.3, -0.25) is 10.1 Å². The number of nitrogens with one attached hydrogen (secondary N) is 2. The van der Waals surface area contributed by atoms with E-state index >= 15 is 0 Å². The third kappa shape index (κ3) is 6.70. The number of hydrogen-bond donors (Lipinski definition) is 2. The molecule has 0 saturated heterocycles. The minimum absolute atomic E-state index is 0.218. The van der Waals surface area contributed by atoms with E-state index in [2.05, 4.69) is 15.6 Å². The Morgan fingerprint density at radius 3 is 2.39 bits per heavy atom. The van der Waals surface area contributed by atoms with Crippen molar-refractivity contribution in [3.05, 3.63) is 75.8 Å². The Balaban J connectivity index is 1.88. The van der Waals surface area contributed by atoms with Crippen molar-refractivity contribution in [1.82, 2.24) is 4.98 Å². The molecule has 3 rings (SSSR count). The first-order chi connectivity index (χ1) is 15.6. The van der Waals surface area contributed by atoms with Gasteiger partial charge in [0.1, 0.15) is 11.4 Å². The van der Waals surface area contributed by atoms with E-state index in [1.165, 1.54) is 6.07 Å². The topological polar surface area (TPSA) is 80.3 Å². The maximum Gasteiger partial charge on any atom is 0.413 e. The summed E-state index contributed by atoms with van der Waals surface area (Å²) in [4.78, 5) is 29.5. The number of pyridine rings is 1. The third-order valence-corrected chi connectivity index (χ3v) is 5.17. The molecular formula is C25H25Cl2N3O3. The predicted molar refractivity (Wildman–Crippen MR) is 133 cm³/mol. The standard InChI is InChI=1S/C25H25Cl2N3O3/c1-5-15-8-6-9-16(12-15)28-23(31)18-13-17(19(26)14-20(18)27)21-10-7-11-22(29-21)30-24(32)33-25(2,3)4/h6-14H,5H2,1-4H3,(H,28,31)(H,29,30,32). The summed E-state index contributed by atoms with van der Waals surface area (Å²) in [6.07, 6.45) is 0.235. The Morgan fingerprint density at radius 2 is 1.70 bits per heavy atom. The van der Waals surface area contributed by atoms with Gasteiger partial charge in [0, 0.05) is 11.3 Å². The van der Waals surface area contributed by atoms with E-state index in [0.29, 0.717) is 22.0 Å². The number of anilines is 2. The molecule has 6 nitrogen and oxygen atoms in total. The van der Waals surface area contributed by atoms with Crippen LogP contribution in [0.1, 0.15) is 43.6 Å². The highest BCUT2D eigenvalue weighted by Crippen LogP contribution is 2.33. The van der Waals surface area contributed by atoms with Crippen LogP contribution in [0.5, 0.6) is 0 Å². The van der Waals surface area contributed by atoms with Gasteiger partial charge >= 0.3 is 6.09 Å². The quantitative estimate of drug-likeness (QED) is 0.399. The van der Waals surface area contributed by atoms with Crippen LogP contribution in [0.15, 0.2) is 54.6 Å². The molecule has 8 heteroatoms. The van der Waals surface area contributed by atoms with E-state index in [1.807, 2.05) is 31.2 Å². The SMILES string of the molecule is CCc1cccc(NC(=O)c2cc(-c3cccc(NC(=O)OC(C)(C)C)n3)c(Cl)cc2Cl)c1. The Hall–Kier alpha value is -3.09. The van der Waals surface area contributed by atoms with Crippen molar-refractivity contribution < 1.29 is 14.3 Å². The van der Waals surface area contributed by atoms with Crippen LogP contribution < -0.4 is 10.6 Å². The van der Waals surface area contributed by atoms with Crippen molar-refractivity contribution in [2.75, 3.05) is 10.6 Å². The van der Waals surface area contributed by atoms with E-state index < -0.39 is 11.7 Å². The molecule has 2 N–H and O–H groups in total. The van der Waals surface area contributed by atoms with Crippen LogP contribution in [0.2, 0.25) is 10.0 Å². The maximum atomic E-state index is 12.9. The van der Waals surface area contributed by atoms with Crippen LogP contribution in [0, 0.1) is 0 Å². The Morgan fingerprint density at radius 1 is 0.970 bits per heavy atom. The second-order valence-electron chi connectivity index (χ2n) is 8.35. The summed E-state index contributed by atoms with van der Waals surface area (Å²) < 4.78 is 5.26. The zero-order valence-corrected chi connectivity index (χ0v) is 20.3. The second-order valence-corrected chi connectivity index (χ2v) is 9.17. The van der Waals surface area contributed by atoms with Crippen LogP contribution in [-0.2, 0) is 11.2 Å². The van der Waals surface area contributed by atoms with Crippen molar-refractivity contribution in [2.24, 2.45) is 0 Å². The molecule has 0 fully saturated rings. The van der Waals surface area contributed by atoms with Gasteiger partial charge < -0.3 is 10.1 Å². The van der Waals surface area contributed by atoms with Crippen LogP contribution in [0.25, 0.3) is 11.3 Å². The van der Waals surface area contributed by atoms with Crippen LogP contribution >= 0.6 is 23.2 Å². The molecule has 2 amide bonds. The number of rotatable bonds is 5. The summed E-state index contributed by atoms with van der Waals surface area (Å²) in [5.41, 5.74) is 2.36. The lowest BCUT2D eigenvalue weighted by atomic mass is 10.1. The molecule has 1 heterocycles. The highest BCUT2D eigenvalue weighted by atomic mass is 35.5. The zero-order valence-electron chi connectivity index (χ0n) is 18.8. The first-order valence-corrected chi connectivity index (χ1v) is 11.2. The van der Waals surface area contributed by atoms with Gasteiger partial charge in [0.15, 0.2) is 0 Å². The lowest BCUT2D eigenvalue weighted by Crippen LogP contribution is -2.27. The van der Waals surface area contributed by atoms with Gasteiger partial charge in [-0.05, 0) is 69.2 Å². The molecular weight excluding hydrogens is 461 g/mol. The molecule has 0 aliphatic carbocycles. The maximum absolute atomic E-state index is 12.9.